The number of aliphatic hydroxyl groups is 2. The summed E-state index contributed by atoms with van der Waals surface area (Å²) in [5.41, 5.74) is -0.480. The van der Waals surface area contributed by atoms with Crippen molar-refractivity contribution in [3.63, 3.8) is 0 Å². The molecule has 4 heteroatoms. The van der Waals surface area contributed by atoms with E-state index in [1.807, 2.05) is 0 Å². The van der Waals surface area contributed by atoms with Crippen LogP contribution in [0.3, 0.4) is 0 Å². The van der Waals surface area contributed by atoms with Crippen LogP contribution in [-0.2, 0) is 6.42 Å². The molecule has 1 aromatic carbocycles. The van der Waals surface area contributed by atoms with E-state index in [0.29, 0.717) is 16.5 Å². The number of rotatable bonds is 4. The first-order chi connectivity index (χ1) is 7.35. The minimum atomic E-state index is -1.14. The lowest BCUT2D eigenvalue weighted by Crippen LogP contribution is -2.39. The molecule has 2 nitrogen and oxygen atoms in total. The van der Waals surface area contributed by atoms with Gasteiger partial charge in [0.25, 0.3) is 0 Å². The highest BCUT2D eigenvalue weighted by Crippen LogP contribution is 2.21. The third-order valence-electron chi connectivity index (χ3n) is 2.79. The summed E-state index contributed by atoms with van der Waals surface area (Å²) < 4.78 is 13.7. The number of halogens is 2. The highest BCUT2D eigenvalue weighted by atomic mass is 79.9. The molecule has 0 saturated carbocycles. The highest BCUT2D eigenvalue weighted by Gasteiger charge is 2.28. The number of hydrogen-bond donors (Lipinski definition) is 2. The van der Waals surface area contributed by atoms with Gasteiger partial charge in [0.2, 0.25) is 0 Å². The van der Waals surface area contributed by atoms with Gasteiger partial charge in [0.15, 0.2) is 0 Å². The summed E-state index contributed by atoms with van der Waals surface area (Å²) in [6, 6.07) is 4.45. The van der Waals surface area contributed by atoms with Crippen LogP contribution in [0.2, 0.25) is 0 Å². The molecule has 1 aromatic rings. The summed E-state index contributed by atoms with van der Waals surface area (Å²) in [6.45, 7) is 3.37. The van der Waals surface area contributed by atoms with Gasteiger partial charge in [-0.05, 0) is 37.1 Å². The lowest BCUT2D eigenvalue weighted by Gasteiger charge is -2.27. The number of hydrogen-bond acceptors (Lipinski definition) is 2. The second-order valence-corrected chi connectivity index (χ2v) is 5.12. The summed E-state index contributed by atoms with van der Waals surface area (Å²) in [4.78, 5) is 0. The molecule has 0 aliphatic carbocycles. The van der Waals surface area contributed by atoms with Crippen molar-refractivity contribution in [3.05, 3.63) is 34.1 Å². The Bertz CT molecular complexity index is 346. The van der Waals surface area contributed by atoms with Crippen molar-refractivity contribution in [1.82, 2.24) is 0 Å². The van der Waals surface area contributed by atoms with Gasteiger partial charge in [-0.15, -0.1) is 0 Å². The molecular formula is C12H16BrFO2. The molecule has 0 spiro atoms. The SMILES string of the molecule is CCC(C)(O)C(O)Cc1cc(F)cc(Br)c1. The maximum atomic E-state index is 13.1. The predicted octanol–water partition coefficient (Wildman–Crippen LogP) is 2.65. The third kappa shape index (κ3) is 3.54. The van der Waals surface area contributed by atoms with Gasteiger partial charge in [-0.1, -0.05) is 22.9 Å². The summed E-state index contributed by atoms with van der Waals surface area (Å²) in [6.07, 6.45) is -0.215. The van der Waals surface area contributed by atoms with Crippen LogP contribution in [0.15, 0.2) is 22.7 Å². The molecule has 16 heavy (non-hydrogen) atoms. The van der Waals surface area contributed by atoms with Crippen LogP contribution in [0.4, 0.5) is 4.39 Å². The lowest BCUT2D eigenvalue weighted by atomic mass is 9.91. The van der Waals surface area contributed by atoms with E-state index in [4.69, 9.17) is 0 Å². The van der Waals surface area contributed by atoms with Crippen molar-refractivity contribution >= 4 is 15.9 Å². The van der Waals surface area contributed by atoms with E-state index in [0.717, 1.165) is 0 Å². The molecule has 0 aromatic heterocycles. The zero-order valence-corrected chi connectivity index (χ0v) is 11.0. The van der Waals surface area contributed by atoms with Gasteiger partial charge in [0.1, 0.15) is 5.82 Å². The fourth-order valence-corrected chi connectivity index (χ4v) is 1.92. The van der Waals surface area contributed by atoms with Gasteiger partial charge in [-0.2, -0.15) is 0 Å². The van der Waals surface area contributed by atoms with Crippen molar-refractivity contribution in [1.29, 1.82) is 0 Å². The van der Waals surface area contributed by atoms with E-state index in [1.54, 1.807) is 19.9 Å². The topological polar surface area (TPSA) is 40.5 Å². The fourth-order valence-electron chi connectivity index (χ4n) is 1.41. The molecule has 2 N–H and O–H groups in total. The Morgan fingerprint density at radius 1 is 1.44 bits per heavy atom. The first kappa shape index (κ1) is 13.6. The van der Waals surface area contributed by atoms with Gasteiger partial charge < -0.3 is 10.2 Å². The van der Waals surface area contributed by atoms with Crippen LogP contribution in [0.25, 0.3) is 0 Å². The van der Waals surface area contributed by atoms with Gasteiger partial charge in [0, 0.05) is 10.9 Å². The average Bonchev–Trinajstić information content (AvgIpc) is 2.15. The quantitative estimate of drug-likeness (QED) is 0.895. The zero-order chi connectivity index (χ0) is 12.3. The summed E-state index contributed by atoms with van der Waals surface area (Å²) in [5.74, 6) is -0.354. The molecule has 90 valence electrons. The summed E-state index contributed by atoms with van der Waals surface area (Å²) in [5, 5.41) is 19.7. The maximum absolute atomic E-state index is 13.1. The molecule has 0 fully saturated rings. The first-order valence-corrected chi connectivity index (χ1v) is 6.00. The molecule has 0 heterocycles. The van der Waals surface area contributed by atoms with E-state index in [-0.39, 0.29) is 12.2 Å². The molecule has 0 radical (unpaired) electrons. The van der Waals surface area contributed by atoms with E-state index in [9.17, 15) is 14.6 Å². The molecule has 0 amide bonds. The molecule has 0 saturated heterocycles. The second kappa shape index (κ2) is 5.25. The summed E-state index contributed by atoms with van der Waals surface area (Å²) >= 11 is 3.19. The molecular weight excluding hydrogens is 275 g/mol. The standard InChI is InChI=1S/C12H16BrFO2/c1-3-12(2,16)11(15)6-8-4-9(13)7-10(14)5-8/h4-5,7,11,15-16H,3,6H2,1-2H3. The van der Waals surface area contributed by atoms with E-state index < -0.39 is 11.7 Å². The Kier molecular flexibility index (Phi) is 4.47. The Balaban J connectivity index is 2.80. The minimum absolute atomic E-state index is 0.233. The first-order valence-electron chi connectivity index (χ1n) is 5.20. The Labute approximate surface area is 103 Å². The number of benzene rings is 1. The number of aliphatic hydroxyl groups excluding tert-OH is 1. The molecule has 0 aliphatic rings. The lowest BCUT2D eigenvalue weighted by molar-refractivity contribution is -0.0629. The largest absolute Gasteiger partial charge is 0.390 e. The van der Waals surface area contributed by atoms with Crippen LogP contribution in [0, 0.1) is 5.82 Å². The predicted molar refractivity (Wildman–Crippen MR) is 64.7 cm³/mol. The molecule has 1 rings (SSSR count). The van der Waals surface area contributed by atoms with Crippen LogP contribution < -0.4 is 0 Å². The normalized spacial score (nSPS) is 16.9. The van der Waals surface area contributed by atoms with Crippen LogP contribution >= 0.6 is 15.9 Å². The Hall–Kier alpha value is -0.450. The van der Waals surface area contributed by atoms with E-state index in [1.165, 1.54) is 12.1 Å². The average molecular weight is 291 g/mol. The molecule has 2 unspecified atom stereocenters. The smallest absolute Gasteiger partial charge is 0.124 e. The van der Waals surface area contributed by atoms with Crippen molar-refractivity contribution in [2.75, 3.05) is 0 Å². The third-order valence-corrected chi connectivity index (χ3v) is 3.24. The van der Waals surface area contributed by atoms with Crippen molar-refractivity contribution in [2.24, 2.45) is 0 Å². The van der Waals surface area contributed by atoms with Crippen molar-refractivity contribution in [2.45, 2.75) is 38.4 Å². The summed E-state index contributed by atoms with van der Waals surface area (Å²) in [7, 11) is 0. The monoisotopic (exact) mass is 290 g/mol. The van der Waals surface area contributed by atoms with E-state index in [2.05, 4.69) is 15.9 Å². The molecule has 2 atom stereocenters. The van der Waals surface area contributed by atoms with Gasteiger partial charge >= 0.3 is 0 Å². The van der Waals surface area contributed by atoms with Crippen LogP contribution in [0.1, 0.15) is 25.8 Å². The van der Waals surface area contributed by atoms with Gasteiger partial charge in [-0.25, -0.2) is 4.39 Å². The zero-order valence-electron chi connectivity index (χ0n) is 9.37. The van der Waals surface area contributed by atoms with Gasteiger partial charge in [0.05, 0.1) is 11.7 Å². The van der Waals surface area contributed by atoms with E-state index >= 15 is 0 Å². The second-order valence-electron chi connectivity index (χ2n) is 4.21. The fraction of sp³-hybridized carbons (Fsp3) is 0.500. The maximum Gasteiger partial charge on any atom is 0.124 e. The highest BCUT2D eigenvalue weighted by molar-refractivity contribution is 9.10. The Morgan fingerprint density at radius 2 is 2.06 bits per heavy atom. The van der Waals surface area contributed by atoms with Crippen LogP contribution in [-0.4, -0.2) is 21.9 Å². The molecule has 0 bridgehead atoms. The van der Waals surface area contributed by atoms with Crippen LogP contribution in [0.5, 0.6) is 0 Å². The Morgan fingerprint density at radius 3 is 2.56 bits per heavy atom. The van der Waals surface area contributed by atoms with Crippen molar-refractivity contribution < 1.29 is 14.6 Å². The van der Waals surface area contributed by atoms with Crippen molar-refractivity contribution in [3.8, 4) is 0 Å². The molecule has 0 aliphatic heterocycles. The minimum Gasteiger partial charge on any atom is -0.390 e. The van der Waals surface area contributed by atoms with Gasteiger partial charge in [-0.3, -0.25) is 0 Å².